The summed E-state index contributed by atoms with van der Waals surface area (Å²) in [4.78, 5) is 12.0. The van der Waals surface area contributed by atoms with Gasteiger partial charge < -0.3 is 14.8 Å². The van der Waals surface area contributed by atoms with E-state index in [9.17, 15) is 4.79 Å². The lowest BCUT2D eigenvalue weighted by molar-refractivity contribution is -0.118. The molecule has 22 heavy (non-hydrogen) atoms. The van der Waals surface area contributed by atoms with Gasteiger partial charge in [-0.3, -0.25) is 4.79 Å². The zero-order valence-electron chi connectivity index (χ0n) is 11.5. The van der Waals surface area contributed by atoms with Gasteiger partial charge in [-0.2, -0.15) is 0 Å². The highest BCUT2D eigenvalue weighted by atomic mass is 79.9. The van der Waals surface area contributed by atoms with Gasteiger partial charge >= 0.3 is 0 Å². The average Bonchev–Trinajstić information content (AvgIpc) is 2.50. The highest BCUT2D eigenvalue weighted by Crippen LogP contribution is 2.35. The first-order valence-corrected chi connectivity index (χ1v) is 8.17. The molecule has 0 aliphatic rings. The average molecular weight is 450 g/mol. The highest BCUT2D eigenvalue weighted by Gasteiger charge is 2.12. The molecular formula is C15H12Br2ClNO3. The minimum Gasteiger partial charge on any atom is -0.497 e. The van der Waals surface area contributed by atoms with Crippen LogP contribution in [0.5, 0.6) is 11.5 Å². The number of halogens is 3. The van der Waals surface area contributed by atoms with Crippen molar-refractivity contribution in [1.82, 2.24) is 0 Å². The molecule has 0 aliphatic heterocycles. The topological polar surface area (TPSA) is 47.6 Å². The quantitative estimate of drug-likeness (QED) is 0.707. The maximum atomic E-state index is 12.0. The molecule has 0 radical (unpaired) electrons. The number of carbonyl (C=O) groups excluding carboxylic acids is 1. The predicted molar refractivity (Wildman–Crippen MR) is 94.0 cm³/mol. The van der Waals surface area contributed by atoms with E-state index in [0.29, 0.717) is 31.2 Å². The Kier molecular flexibility index (Phi) is 6.11. The first-order valence-electron chi connectivity index (χ1n) is 6.21. The van der Waals surface area contributed by atoms with Crippen LogP contribution >= 0.6 is 43.5 Å². The van der Waals surface area contributed by atoms with Crippen molar-refractivity contribution in [3.05, 3.63) is 50.4 Å². The molecule has 2 aromatic carbocycles. The summed E-state index contributed by atoms with van der Waals surface area (Å²) in [6.45, 7) is -0.105. The molecule has 0 aromatic heterocycles. The molecule has 0 aliphatic carbocycles. The third-order valence-electron chi connectivity index (χ3n) is 2.70. The van der Waals surface area contributed by atoms with Crippen molar-refractivity contribution in [1.29, 1.82) is 0 Å². The Morgan fingerprint density at radius 3 is 2.27 bits per heavy atom. The maximum Gasteiger partial charge on any atom is 0.262 e. The summed E-state index contributed by atoms with van der Waals surface area (Å²) in [5, 5.41) is 3.39. The molecule has 1 amide bonds. The maximum absolute atomic E-state index is 12.0. The van der Waals surface area contributed by atoms with Gasteiger partial charge in [0, 0.05) is 14.0 Å². The minimum absolute atomic E-state index is 0.105. The van der Waals surface area contributed by atoms with Crippen LogP contribution in [0.3, 0.4) is 0 Å². The number of amides is 1. The predicted octanol–water partition coefficient (Wildman–Crippen LogP) is 4.89. The molecule has 1 N–H and O–H groups in total. The smallest absolute Gasteiger partial charge is 0.262 e. The van der Waals surface area contributed by atoms with Crippen LogP contribution in [0.4, 0.5) is 5.69 Å². The molecule has 0 unspecified atom stereocenters. The van der Waals surface area contributed by atoms with Gasteiger partial charge in [-0.15, -0.1) is 0 Å². The molecule has 2 aromatic rings. The summed E-state index contributed by atoms with van der Waals surface area (Å²) in [6, 6.07) is 10.3. The molecule has 116 valence electrons. The second kappa shape index (κ2) is 7.85. The summed E-state index contributed by atoms with van der Waals surface area (Å²) in [5.74, 6) is 0.975. The molecule has 7 heteroatoms. The Morgan fingerprint density at radius 1 is 1.14 bits per heavy atom. The lowest BCUT2D eigenvalue weighted by atomic mass is 10.3. The number of methoxy groups -OCH3 is 1. The van der Waals surface area contributed by atoms with Gasteiger partial charge in [0.25, 0.3) is 5.91 Å². The second-order valence-corrected chi connectivity index (χ2v) is 6.40. The van der Waals surface area contributed by atoms with Crippen LogP contribution in [-0.2, 0) is 4.79 Å². The van der Waals surface area contributed by atoms with E-state index in [1.54, 1.807) is 43.5 Å². The summed E-state index contributed by atoms with van der Waals surface area (Å²) in [5.41, 5.74) is 0.616. The Balaban J connectivity index is 1.99. The zero-order valence-corrected chi connectivity index (χ0v) is 15.5. The van der Waals surface area contributed by atoms with Gasteiger partial charge in [-0.1, -0.05) is 11.6 Å². The molecule has 2 rings (SSSR count). The summed E-state index contributed by atoms with van der Waals surface area (Å²) in [7, 11) is 1.58. The number of anilines is 1. The standard InChI is InChI=1S/C15H12Br2ClNO3/c1-21-11-6-12(16)15(13(17)7-11)19-14(20)8-22-10-4-2-9(18)3-5-10/h2-7H,8H2,1H3,(H,19,20). The van der Waals surface area contributed by atoms with Crippen LogP contribution < -0.4 is 14.8 Å². The number of hydrogen-bond acceptors (Lipinski definition) is 3. The SMILES string of the molecule is COc1cc(Br)c(NC(=O)COc2ccc(Cl)cc2)c(Br)c1. The van der Waals surface area contributed by atoms with Gasteiger partial charge in [-0.25, -0.2) is 0 Å². The first kappa shape index (κ1) is 17.1. The van der Waals surface area contributed by atoms with Crippen molar-refractivity contribution in [3.8, 4) is 11.5 Å². The Morgan fingerprint density at radius 2 is 1.73 bits per heavy atom. The van der Waals surface area contributed by atoms with E-state index in [4.69, 9.17) is 21.1 Å². The van der Waals surface area contributed by atoms with Gasteiger partial charge in [0.05, 0.1) is 12.8 Å². The molecular weight excluding hydrogens is 437 g/mol. The van der Waals surface area contributed by atoms with Crippen molar-refractivity contribution in [2.24, 2.45) is 0 Å². The number of benzene rings is 2. The van der Waals surface area contributed by atoms with Crippen LogP contribution in [0, 0.1) is 0 Å². The number of rotatable bonds is 5. The van der Waals surface area contributed by atoms with Crippen LogP contribution in [0.15, 0.2) is 45.3 Å². The fraction of sp³-hybridized carbons (Fsp3) is 0.133. The zero-order chi connectivity index (χ0) is 16.1. The van der Waals surface area contributed by atoms with E-state index >= 15 is 0 Å². The van der Waals surface area contributed by atoms with E-state index in [1.807, 2.05) is 0 Å². The summed E-state index contributed by atoms with van der Waals surface area (Å²) in [6.07, 6.45) is 0. The molecule has 0 spiro atoms. The Bertz CT molecular complexity index is 654. The van der Waals surface area contributed by atoms with Crippen LogP contribution in [-0.4, -0.2) is 19.6 Å². The first-order chi connectivity index (χ1) is 10.5. The summed E-state index contributed by atoms with van der Waals surface area (Å²) < 4.78 is 12.0. The number of ether oxygens (including phenoxy) is 2. The minimum atomic E-state index is -0.276. The van der Waals surface area contributed by atoms with E-state index in [-0.39, 0.29) is 12.5 Å². The van der Waals surface area contributed by atoms with E-state index in [1.165, 1.54) is 0 Å². The number of hydrogen-bond donors (Lipinski definition) is 1. The molecule has 0 saturated heterocycles. The van der Waals surface area contributed by atoms with Gasteiger partial charge in [0.1, 0.15) is 11.5 Å². The lowest BCUT2D eigenvalue weighted by Gasteiger charge is -2.12. The van der Waals surface area contributed by atoms with Crippen molar-refractivity contribution >= 4 is 55.1 Å². The van der Waals surface area contributed by atoms with Crippen molar-refractivity contribution in [2.45, 2.75) is 0 Å². The number of carbonyl (C=O) groups is 1. The van der Waals surface area contributed by atoms with Crippen molar-refractivity contribution in [3.63, 3.8) is 0 Å². The second-order valence-electron chi connectivity index (χ2n) is 4.26. The van der Waals surface area contributed by atoms with E-state index < -0.39 is 0 Å². The molecule has 0 heterocycles. The molecule has 0 atom stereocenters. The normalized spacial score (nSPS) is 10.2. The fourth-order valence-corrected chi connectivity index (χ4v) is 3.11. The van der Waals surface area contributed by atoms with Crippen LogP contribution in [0.1, 0.15) is 0 Å². The lowest BCUT2D eigenvalue weighted by Crippen LogP contribution is -2.20. The molecule has 0 fully saturated rings. The van der Waals surface area contributed by atoms with Crippen molar-refractivity contribution in [2.75, 3.05) is 19.0 Å². The van der Waals surface area contributed by atoms with Crippen LogP contribution in [0.25, 0.3) is 0 Å². The Labute approximate surface area is 150 Å². The molecule has 0 saturated carbocycles. The fourth-order valence-electron chi connectivity index (χ4n) is 1.64. The van der Waals surface area contributed by atoms with Crippen molar-refractivity contribution < 1.29 is 14.3 Å². The summed E-state index contributed by atoms with van der Waals surface area (Å²) >= 11 is 12.6. The van der Waals surface area contributed by atoms with Gasteiger partial charge in [-0.05, 0) is 68.3 Å². The monoisotopic (exact) mass is 447 g/mol. The molecule has 0 bridgehead atoms. The van der Waals surface area contributed by atoms with E-state index in [0.717, 1.165) is 0 Å². The third kappa shape index (κ3) is 4.63. The highest BCUT2D eigenvalue weighted by molar-refractivity contribution is 9.11. The van der Waals surface area contributed by atoms with Gasteiger partial charge in [0.2, 0.25) is 0 Å². The van der Waals surface area contributed by atoms with E-state index in [2.05, 4.69) is 37.2 Å². The van der Waals surface area contributed by atoms with Gasteiger partial charge in [0.15, 0.2) is 6.61 Å². The number of nitrogens with one attached hydrogen (secondary N) is 1. The third-order valence-corrected chi connectivity index (χ3v) is 4.20. The van der Waals surface area contributed by atoms with Crippen LogP contribution in [0.2, 0.25) is 5.02 Å². The molecule has 4 nitrogen and oxygen atoms in total. The largest absolute Gasteiger partial charge is 0.497 e. The Hall–Kier alpha value is -1.24.